The van der Waals surface area contributed by atoms with Crippen molar-refractivity contribution >= 4 is 12.2 Å². The van der Waals surface area contributed by atoms with Crippen LogP contribution < -0.4 is 5.32 Å². The van der Waals surface area contributed by atoms with Crippen molar-refractivity contribution in [2.24, 2.45) is 5.92 Å². The maximum absolute atomic E-state index is 12.6. The molecule has 2 saturated heterocycles. The van der Waals surface area contributed by atoms with Gasteiger partial charge in [-0.2, -0.15) is 0 Å². The van der Waals surface area contributed by atoms with E-state index in [4.69, 9.17) is 9.47 Å². The van der Waals surface area contributed by atoms with Gasteiger partial charge in [0.1, 0.15) is 11.2 Å². The molecular formula is C20H36N2O4. The lowest BCUT2D eigenvalue weighted by Gasteiger charge is -2.48. The normalized spacial score (nSPS) is 26.2. The fourth-order valence-corrected chi connectivity index (χ4v) is 4.04. The lowest BCUT2D eigenvalue weighted by Crippen LogP contribution is -2.56. The van der Waals surface area contributed by atoms with E-state index in [1.165, 1.54) is 6.42 Å². The number of nitrogens with one attached hydrogen (secondary N) is 1. The van der Waals surface area contributed by atoms with Gasteiger partial charge in [-0.05, 0) is 86.0 Å². The zero-order valence-corrected chi connectivity index (χ0v) is 17.3. The highest BCUT2D eigenvalue weighted by Gasteiger charge is 2.42. The minimum atomic E-state index is -0.472. The van der Waals surface area contributed by atoms with Crippen molar-refractivity contribution in [3.63, 3.8) is 0 Å². The number of nitrogens with zero attached hydrogens (tertiary/aromatic N) is 1. The van der Waals surface area contributed by atoms with Gasteiger partial charge in [-0.25, -0.2) is 9.59 Å². The van der Waals surface area contributed by atoms with E-state index in [1.807, 2.05) is 46.4 Å². The van der Waals surface area contributed by atoms with Gasteiger partial charge in [-0.1, -0.05) is 0 Å². The molecule has 0 aromatic heterocycles. The second-order valence-corrected chi connectivity index (χ2v) is 9.68. The third kappa shape index (κ3) is 6.36. The molecule has 0 aliphatic carbocycles. The van der Waals surface area contributed by atoms with Gasteiger partial charge in [-0.15, -0.1) is 0 Å². The number of rotatable bonds is 3. The summed E-state index contributed by atoms with van der Waals surface area (Å²) in [4.78, 5) is 26.4. The average Bonchev–Trinajstić information content (AvgIpc) is 2.42. The van der Waals surface area contributed by atoms with Crippen molar-refractivity contribution in [2.45, 2.75) is 103 Å². The van der Waals surface area contributed by atoms with Gasteiger partial charge in [0.15, 0.2) is 0 Å². The number of amides is 2. The summed E-state index contributed by atoms with van der Waals surface area (Å²) in [6.07, 6.45) is 5.65. The molecule has 0 spiro atoms. The topological polar surface area (TPSA) is 67.9 Å². The summed E-state index contributed by atoms with van der Waals surface area (Å²) in [7, 11) is 0. The van der Waals surface area contributed by atoms with Gasteiger partial charge in [0, 0.05) is 18.6 Å². The summed E-state index contributed by atoms with van der Waals surface area (Å²) in [6.45, 7) is 11.9. The molecule has 2 heterocycles. The van der Waals surface area contributed by atoms with Crippen LogP contribution in [0.3, 0.4) is 0 Å². The van der Waals surface area contributed by atoms with Crippen molar-refractivity contribution in [3.05, 3.63) is 0 Å². The SMILES string of the molecule is CC(C)(C)OC(=O)NCCC1CC2CCCC(C1)N2C(=O)OC(C)(C)C. The molecule has 2 aliphatic heterocycles. The maximum Gasteiger partial charge on any atom is 0.410 e. The Labute approximate surface area is 158 Å². The molecule has 1 N–H and O–H groups in total. The second-order valence-electron chi connectivity index (χ2n) is 9.68. The first-order valence-corrected chi connectivity index (χ1v) is 9.93. The Morgan fingerprint density at radius 1 is 0.962 bits per heavy atom. The number of ether oxygens (including phenoxy) is 2. The predicted octanol–water partition coefficient (Wildman–Crippen LogP) is 4.47. The number of carbonyl (C=O) groups is 2. The average molecular weight is 369 g/mol. The van der Waals surface area contributed by atoms with E-state index in [0.717, 1.165) is 32.1 Å². The number of piperidine rings is 2. The second kappa shape index (κ2) is 8.05. The van der Waals surface area contributed by atoms with Gasteiger partial charge in [-0.3, -0.25) is 0 Å². The molecule has 2 atom stereocenters. The van der Waals surface area contributed by atoms with E-state index in [1.54, 1.807) is 0 Å². The predicted molar refractivity (Wildman–Crippen MR) is 101 cm³/mol. The monoisotopic (exact) mass is 368 g/mol. The Morgan fingerprint density at radius 3 is 2.00 bits per heavy atom. The van der Waals surface area contributed by atoms with Crippen LogP contribution in [0.4, 0.5) is 9.59 Å². The standard InChI is InChI=1S/C20H36N2O4/c1-19(2,3)25-17(23)21-11-10-14-12-15-8-7-9-16(13-14)22(15)18(24)26-20(4,5)6/h14-16H,7-13H2,1-6H3,(H,21,23). The Kier molecular flexibility index (Phi) is 6.46. The molecular weight excluding hydrogens is 332 g/mol. The van der Waals surface area contributed by atoms with Crippen molar-refractivity contribution in [1.29, 1.82) is 0 Å². The molecule has 2 bridgehead atoms. The maximum atomic E-state index is 12.6. The van der Waals surface area contributed by atoms with Gasteiger partial charge in [0.2, 0.25) is 0 Å². The number of fused-ring (bicyclic) bond motifs is 2. The molecule has 2 unspecified atom stereocenters. The number of hydrogen-bond acceptors (Lipinski definition) is 4. The van der Waals surface area contributed by atoms with Crippen LogP contribution in [0.1, 0.15) is 80.1 Å². The summed E-state index contributed by atoms with van der Waals surface area (Å²) >= 11 is 0. The number of alkyl carbamates (subject to hydrolysis) is 1. The van der Waals surface area contributed by atoms with Crippen LogP contribution >= 0.6 is 0 Å². The molecule has 0 saturated carbocycles. The highest BCUT2D eigenvalue weighted by Crippen LogP contribution is 2.39. The molecule has 6 nitrogen and oxygen atoms in total. The largest absolute Gasteiger partial charge is 0.444 e. The Bertz CT molecular complexity index is 493. The van der Waals surface area contributed by atoms with Crippen LogP contribution in [0, 0.1) is 5.92 Å². The van der Waals surface area contributed by atoms with Gasteiger partial charge in [0.25, 0.3) is 0 Å². The molecule has 0 radical (unpaired) electrons. The number of hydrogen-bond donors (Lipinski definition) is 1. The third-order valence-corrected chi connectivity index (χ3v) is 4.90. The van der Waals surface area contributed by atoms with Crippen LogP contribution in [0.5, 0.6) is 0 Å². The van der Waals surface area contributed by atoms with E-state index in [0.29, 0.717) is 12.5 Å². The lowest BCUT2D eigenvalue weighted by molar-refractivity contribution is -0.0287. The molecule has 6 heteroatoms. The van der Waals surface area contributed by atoms with Crippen LogP contribution in [0.2, 0.25) is 0 Å². The Balaban J connectivity index is 1.83. The highest BCUT2D eigenvalue weighted by atomic mass is 16.6. The van der Waals surface area contributed by atoms with Crippen LogP contribution in [0.15, 0.2) is 0 Å². The molecule has 2 aliphatic rings. The lowest BCUT2D eigenvalue weighted by atomic mass is 9.77. The molecule has 0 aromatic rings. The van der Waals surface area contributed by atoms with Crippen molar-refractivity contribution in [2.75, 3.05) is 6.54 Å². The number of carbonyl (C=O) groups excluding carboxylic acids is 2. The first kappa shape index (κ1) is 20.8. The molecule has 26 heavy (non-hydrogen) atoms. The van der Waals surface area contributed by atoms with Gasteiger partial charge >= 0.3 is 12.2 Å². The van der Waals surface area contributed by atoms with E-state index < -0.39 is 11.2 Å². The van der Waals surface area contributed by atoms with Crippen LogP contribution in [-0.4, -0.2) is 46.9 Å². The van der Waals surface area contributed by atoms with E-state index in [9.17, 15) is 9.59 Å². The zero-order chi connectivity index (χ0) is 19.5. The molecule has 2 rings (SSSR count). The fraction of sp³-hybridized carbons (Fsp3) is 0.900. The van der Waals surface area contributed by atoms with E-state index >= 15 is 0 Å². The Hall–Kier alpha value is -1.46. The molecule has 150 valence electrons. The van der Waals surface area contributed by atoms with Gasteiger partial charge in [0.05, 0.1) is 0 Å². The highest BCUT2D eigenvalue weighted by molar-refractivity contribution is 5.69. The molecule has 0 aromatic carbocycles. The first-order valence-electron chi connectivity index (χ1n) is 9.93. The summed E-state index contributed by atoms with van der Waals surface area (Å²) in [5.74, 6) is 0.527. The molecule has 2 fully saturated rings. The van der Waals surface area contributed by atoms with Crippen molar-refractivity contribution in [3.8, 4) is 0 Å². The summed E-state index contributed by atoms with van der Waals surface area (Å²) in [6, 6.07) is 0.535. The van der Waals surface area contributed by atoms with Gasteiger partial charge < -0.3 is 19.7 Å². The minimum absolute atomic E-state index is 0.169. The molecule has 2 amide bonds. The summed E-state index contributed by atoms with van der Waals surface area (Å²) in [5.41, 5.74) is -0.931. The third-order valence-electron chi connectivity index (χ3n) is 4.90. The zero-order valence-electron chi connectivity index (χ0n) is 17.3. The quantitative estimate of drug-likeness (QED) is 0.798. The van der Waals surface area contributed by atoms with E-state index in [-0.39, 0.29) is 24.3 Å². The van der Waals surface area contributed by atoms with Crippen molar-refractivity contribution < 1.29 is 19.1 Å². The minimum Gasteiger partial charge on any atom is -0.444 e. The summed E-state index contributed by atoms with van der Waals surface area (Å²) < 4.78 is 10.9. The first-order chi connectivity index (χ1) is 11.9. The Morgan fingerprint density at radius 2 is 1.50 bits per heavy atom. The fourth-order valence-electron chi connectivity index (χ4n) is 4.04. The summed E-state index contributed by atoms with van der Waals surface area (Å²) in [5, 5.41) is 2.85. The smallest absolute Gasteiger partial charge is 0.410 e. The van der Waals surface area contributed by atoms with E-state index in [2.05, 4.69) is 5.32 Å². The van der Waals surface area contributed by atoms with Crippen LogP contribution in [-0.2, 0) is 9.47 Å². The van der Waals surface area contributed by atoms with Crippen molar-refractivity contribution in [1.82, 2.24) is 10.2 Å². The van der Waals surface area contributed by atoms with Crippen LogP contribution in [0.25, 0.3) is 0 Å².